The van der Waals surface area contributed by atoms with Gasteiger partial charge in [-0.2, -0.15) is 0 Å². The summed E-state index contributed by atoms with van der Waals surface area (Å²) in [6.45, 7) is 1.16. The molecule has 1 atom stereocenters. The predicted molar refractivity (Wildman–Crippen MR) is 86.8 cm³/mol. The molecule has 0 aromatic heterocycles. The lowest BCUT2D eigenvalue weighted by atomic mass is 10.2. The van der Waals surface area contributed by atoms with Gasteiger partial charge in [-0.25, -0.2) is 4.39 Å². The zero-order chi connectivity index (χ0) is 16.1. The molecule has 1 fully saturated rings. The van der Waals surface area contributed by atoms with Gasteiger partial charge in [0.25, 0.3) is 0 Å². The Labute approximate surface area is 134 Å². The molecule has 4 nitrogen and oxygen atoms in total. The van der Waals surface area contributed by atoms with Crippen LogP contribution in [-0.2, 0) is 11.4 Å². The van der Waals surface area contributed by atoms with E-state index in [1.807, 2.05) is 18.2 Å². The van der Waals surface area contributed by atoms with E-state index in [0.29, 0.717) is 11.4 Å². The van der Waals surface area contributed by atoms with Crippen LogP contribution in [0.25, 0.3) is 0 Å². The fourth-order valence-electron chi connectivity index (χ4n) is 2.59. The first kappa shape index (κ1) is 15.5. The molecule has 1 saturated heterocycles. The molecule has 1 aliphatic rings. The van der Waals surface area contributed by atoms with Crippen molar-refractivity contribution in [3.63, 3.8) is 0 Å². The Morgan fingerprint density at radius 2 is 2.13 bits per heavy atom. The molecule has 3 rings (SSSR count). The number of ether oxygens (including phenoxy) is 1. The maximum absolute atomic E-state index is 13.1. The summed E-state index contributed by atoms with van der Waals surface area (Å²) in [5, 5.41) is 6.05. The standard InChI is InChI=1S/C18H19FN2O2/c19-14-5-1-4-13(10-14)12-23-16-7-2-6-15(11-16)21-18(22)17-8-3-9-20-17/h1-2,4-7,10-11,17,20H,3,8-9,12H2,(H,21,22)/t17-/m0/s1. The molecule has 0 aliphatic carbocycles. The fourth-order valence-corrected chi connectivity index (χ4v) is 2.59. The lowest BCUT2D eigenvalue weighted by Crippen LogP contribution is -2.35. The van der Waals surface area contributed by atoms with Crippen LogP contribution >= 0.6 is 0 Å². The Hall–Kier alpha value is -2.40. The first-order valence-electron chi connectivity index (χ1n) is 7.72. The van der Waals surface area contributed by atoms with Crippen LogP contribution in [0.5, 0.6) is 5.75 Å². The number of anilines is 1. The molecule has 0 unspecified atom stereocenters. The van der Waals surface area contributed by atoms with Gasteiger partial charge in [-0.05, 0) is 49.2 Å². The number of carbonyl (C=O) groups excluding carboxylic acids is 1. The molecule has 120 valence electrons. The molecule has 2 N–H and O–H groups in total. The van der Waals surface area contributed by atoms with Crippen LogP contribution in [0.4, 0.5) is 10.1 Å². The Balaban J connectivity index is 1.59. The van der Waals surface area contributed by atoms with Gasteiger partial charge < -0.3 is 15.4 Å². The number of carbonyl (C=O) groups is 1. The van der Waals surface area contributed by atoms with E-state index >= 15 is 0 Å². The molecule has 2 aromatic rings. The van der Waals surface area contributed by atoms with Gasteiger partial charge in [-0.1, -0.05) is 18.2 Å². The highest BCUT2D eigenvalue weighted by Crippen LogP contribution is 2.19. The minimum atomic E-state index is -0.281. The average Bonchev–Trinajstić information content (AvgIpc) is 3.08. The van der Waals surface area contributed by atoms with Gasteiger partial charge in [0.2, 0.25) is 5.91 Å². The molecule has 5 heteroatoms. The molecule has 23 heavy (non-hydrogen) atoms. The van der Waals surface area contributed by atoms with Crippen molar-refractivity contribution in [1.82, 2.24) is 5.32 Å². The van der Waals surface area contributed by atoms with E-state index in [1.54, 1.807) is 18.2 Å². The zero-order valence-corrected chi connectivity index (χ0v) is 12.7. The van der Waals surface area contributed by atoms with Crippen LogP contribution in [0, 0.1) is 5.82 Å². The van der Waals surface area contributed by atoms with Gasteiger partial charge in [-0.3, -0.25) is 4.79 Å². The topological polar surface area (TPSA) is 50.4 Å². The Morgan fingerprint density at radius 1 is 1.26 bits per heavy atom. The van der Waals surface area contributed by atoms with Crippen molar-refractivity contribution in [2.75, 3.05) is 11.9 Å². The zero-order valence-electron chi connectivity index (χ0n) is 12.7. The third-order valence-electron chi connectivity index (χ3n) is 3.77. The number of rotatable bonds is 5. The second-order valence-corrected chi connectivity index (χ2v) is 5.58. The van der Waals surface area contributed by atoms with Crippen molar-refractivity contribution in [3.8, 4) is 5.75 Å². The molecule has 0 saturated carbocycles. The van der Waals surface area contributed by atoms with E-state index in [4.69, 9.17) is 4.74 Å². The Bertz CT molecular complexity index is 684. The van der Waals surface area contributed by atoms with Crippen molar-refractivity contribution in [3.05, 3.63) is 59.9 Å². The summed E-state index contributed by atoms with van der Waals surface area (Å²) in [6, 6.07) is 13.4. The number of nitrogens with one attached hydrogen (secondary N) is 2. The van der Waals surface area contributed by atoms with Crippen LogP contribution in [0.3, 0.4) is 0 Å². The summed E-state index contributed by atoms with van der Waals surface area (Å²) in [5.74, 6) is 0.326. The van der Waals surface area contributed by atoms with Crippen molar-refractivity contribution in [1.29, 1.82) is 0 Å². The normalized spacial score (nSPS) is 17.0. The molecule has 1 amide bonds. The molecule has 0 spiro atoms. The third kappa shape index (κ3) is 4.29. The van der Waals surface area contributed by atoms with E-state index in [-0.39, 0.29) is 24.4 Å². The predicted octanol–water partition coefficient (Wildman–Crippen LogP) is 3.10. The minimum absolute atomic E-state index is 0.0234. The summed E-state index contributed by atoms with van der Waals surface area (Å²) in [6.07, 6.45) is 1.89. The highest BCUT2D eigenvalue weighted by atomic mass is 19.1. The number of amides is 1. The number of halogens is 1. The Morgan fingerprint density at radius 3 is 2.91 bits per heavy atom. The third-order valence-corrected chi connectivity index (χ3v) is 3.77. The summed E-state index contributed by atoms with van der Waals surface area (Å²) < 4.78 is 18.8. The van der Waals surface area contributed by atoms with Crippen LogP contribution < -0.4 is 15.4 Å². The molecular formula is C18H19FN2O2. The monoisotopic (exact) mass is 314 g/mol. The van der Waals surface area contributed by atoms with E-state index in [2.05, 4.69) is 10.6 Å². The van der Waals surface area contributed by atoms with Crippen molar-refractivity contribution in [2.24, 2.45) is 0 Å². The summed E-state index contributed by atoms with van der Waals surface area (Å²) in [7, 11) is 0. The van der Waals surface area contributed by atoms with Gasteiger partial charge in [0.1, 0.15) is 18.2 Å². The smallest absolute Gasteiger partial charge is 0.241 e. The highest BCUT2D eigenvalue weighted by molar-refractivity contribution is 5.95. The van der Waals surface area contributed by atoms with Gasteiger partial charge in [0, 0.05) is 11.8 Å². The van der Waals surface area contributed by atoms with E-state index < -0.39 is 0 Å². The Kier molecular flexibility index (Phi) is 4.88. The van der Waals surface area contributed by atoms with Crippen LogP contribution in [0.15, 0.2) is 48.5 Å². The van der Waals surface area contributed by atoms with Crippen LogP contribution in [0.2, 0.25) is 0 Å². The van der Waals surface area contributed by atoms with Crippen molar-refractivity contribution >= 4 is 11.6 Å². The molecule has 1 heterocycles. The minimum Gasteiger partial charge on any atom is -0.489 e. The van der Waals surface area contributed by atoms with E-state index in [9.17, 15) is 9.18 Å². The molecule has 0 bridgehead atoms. The van der Waals surface area contributed by atoms with Crippen molar-refractivity contribution in [2.45, 2.75) is 25.5 Å². The first-order chi connectivity index (χ1) is 11.2. The fraction of sp³-hybridized carbons (Fsp3) is 0.278. The summed E-state index contributed by atoms with van der Waals surface area (Å²) in [5.41, 5.74) is 1.45. The van der Waals surface area contributed by atoms with Crippen LogP contribution in [-0.4, -0.2) is 18.5 Å². The highest BCUT2D eigenvalue weighted by Gasteiger charge is 2.21. The largest absolute Gasteiger partial charge is 0.489 e. The van der Waals surface area contributed by atoms with E-state index in [0.717, 1.165) is 24.9 Å². The van der Waals surface area contributed by atoms with Crippen molar-refractivity contribution < 1.29 is 13.9 Å². The average molecular weight is 314 g/mol. The summed E-state index contributed by atoms with van der Waals surface area (Å²) in [4.78, 5) is 12.1. The van der Waals surface area contributed by atoms with Gasteiger partial charge in [0.05, 0.1) is 6.04 Å². The summed E-state index contributed by atoms with van der Waals surface area (Å²) >= 11 is 0. The lowest BCUT2D eigenvalue weighted by Gasteiger charge is -2.12. The molecule has 0 radical (unpaired) electrons. The number of hydrogen-bond acceptors (Lipinski definition) is 3. The quantitative estimate of drug-likeness (QED) is 0.891. The molecular weight excluding hydrogens is 295 g/mol. The number of hydrogen-bond donors (Lipinski definition) is 2. The maximum Gasteiger partial charge on any atom is 0.241 e. The first-order valence-corrected chi connectivity index (χ1v) is 7.72. The van der Waals surface area contributed by atoms with E-state index in [1.165, 1.54) is 12.1 Å². The second kappa shape index (κ2) is 7.24. The van der Waals surface area contributed by atoms with Gasteiger partial charge in [0.15, 0.2) is 0 Å². The van der Waals surface area contributed by atoms with Gasteiger partial charge in [-0.15, -0.1) is 0 Å². The van der Waals surface area contributed by atoms with Crippen LogP contribution in [0.1, 0.15) is 18.4 Å². The molecule has 1 aliphatic heterocycles. The van der Waals surface area contributed by atoms with Gasteiger partial charge >= 0.3 is 0 Å². The number of benzene rings is 2. The maximum atomic E-state index is 13.1. The second-order valence-electron chi connectivity index (χ2n) is 5.58. The molecule has 2 aromatic carbocycles. The SMILES string of the molecule is O=C(Nc1cccc(OCc2cccc(F)c2)c1)[C@@H]1CCCN1. The lowest BCUT2D eigenvalue weighted by molar-refractivity contribution is -0.117.